The maximum Gasteiger partial charge on any atom is 0.127 e. The molecule has 2 N–H and O–H groups in total. The normalized spacial score (nSPS) is 21.5. The maximum atomic E-state index is 5.67. The number of rotatable bonds is 9. The van der Waals surface area contributed by atoms with Gasteiger partial charge in [0.1, 0.15) is 50.8 Å². The molecule has 1 aromatic rings. The van der Waals surface area contributed by atoms with Crippen molar-refractivity contribution in [3.05, 3.63) is 24.3 Å². The van der Waals surface area contributed by atoms with Crippen LogP contribution in [0.3, 0.4) is 0 Å². The Morgan fingerprint density at radius 3 is 2.14 bits per heavy atom. The van der Waals surface area contributed by atoms with Crippen molar-refractivity contribution in [1.82, 2.24) is 0 Å². The second-order valence-electron chi connectivity index (χ2n) is 5.82. The first-order valence-electron chi connectivity index (χ1n) is 8.36. The summed E-state index contributed by atoms with van der Waals surface area (Å²) in [6, 6.07) is 7.72. The van der Waals surface area contributed by atoms with E-state index in [1.165, 1.54) is 26.2 Å². The lowest BCUT2D eigenvalue weighted by molar-refractivity contribution is -1.00. The number of hydrogen-bond donors (Lipinski definition) is 2. The molecule has 0 atom stereocenters. The SMILES string of the molecule is CCOc1ccc(OCCOCC[NH+]2CC[NH+](C)CC2)cc1. The summed E-state index contributed by atoms with van der Waals surface area (Å²) >= 11 is 0. The average Bonchev–Trinajstić information content (AvgIpc) is 2.54. The molecule has 5 nitrogen and oxygen atoms in total. The van der Waals surface area contributed by atoms with Crippen molar-refractivity contribution in [2.45, 2.75) is 6.92 Å². The monoisotopic (exact) mass is 310 g/mol. The summed E-state index contributed by atoms with van der Waals surface area (Å²) in [5.41, 5.74) is 0. The summed E-state index contributed by atoms with van der Waals surface area (Å²) in [4.78, 5) is 3.31. The van der Waals surface area contributed by atoms with E-state index in [4.69, 9.17) is 14.2 Å². The Hall–Kier alpha value is -1.30. The first-order chi connectivity index (χ1) is 10.8. The maximum absolute atomic E-state index is 5.67. The van der Waals surface area contributed by atoms with Crippen LogP contribution < -0.4 is 19.3 Å². The van der Waals surface area contributed by atoms with Gasteiger partial charge in [0.2, 0.25) is 0 Å². The molecule has 124 valence electrons. The van der Waals surface area contributed by atoms with Gasteiger partial charge < -0.3 is 24.0 Å². The molecule has 0 amide bonds. The number of ether oxygens (including phenoxy) is 3. The molecule has 0 aromatic heterocycles. The van der Waals surface area contributed by atoms with E-state index in [1.54, 1.807) is 9.80 Å². The zero-order valence-corrected chi connectivity index (χ0v) is 13.9. The van der Waals surface area contributed by atoms with Gasteiger partial charge in [-0.25, -0.2) is 0 Å². The molecule has 5 heteroatoms. The molecule has 0 bridgehead atoms. The molecule has 1 aliphatic heterocycles. The molecule has 0 radical (unpaired) electrons. The van der Waals surface area contributed by atoms with Gasteiger partial charge in [0.25, 0.3) is 0 Å². The van der Waals surface area contributed by atoms with Crippen LogP contribution in [0.15, 0.2) is 24.3 Å². The number of likely N-dealkylation sites (N-methyl/N-ethyl adjacent to an activating group) is 1. The van der Waals surface area contributed by atoms with Crippen LogP contribution in [0.1, 0.15) is 6.92 Å². The van der Waals surface area contributed by atoms with Crippen LogP contribution in [0.5, 0.6) is 11.5 Å². The molecular weight excluding hydrogens is 280 g/mol. The van der Waals surface area contributed by atoms with Crippen LogP contribution in [-0.2, 0) is 4.74 Å². The zero-order valence-electron chi connectivity index (χ0n) is 13.9. The van der Waals surface area contributed by atoms with Gasteiger partial charge in [-0.3, -0.25) is 0 Å². The van der Waals surface area contributed by atoms with E-state index in [-0.39, 0.29) is 0 Å². The standard InChI is InChI=1S/C17H28N2O3/c1-3-21-16-4-6-17(7-5-16)22-15-14-20-13-12-19-10-8-18(2)9-11-19/h4-7H,3,8-15H2,1-2H3/p+2. The van der Waals surface area contributed by atoms with Gasteiger partial charge in [-0.05, 0) is 31.2 Å². The Balaban J connectivity index is 1.50. The fraction of sp³-hybridized carbons (Fsp3) is 0.647. The Bertz CT molecular complexity index is 403. The number of benzene rings is 1. The van der Waals surface area contributed by atoms with Gasteiger partial charge >= 0.3 is 0 Å². The quantitative estimate of drug-likeness (QED) is 0.568. The molecule has 1 aromatic carbocycles. The molecule has 1 saturated heterocycles. The summed E-state index contributed by atoms with van der Waals surface area (Å²) in [5.74, 6) is 1.74. The van der Waals surface area contributed by atoms with Crippen LogP contribution >= 0.6 is 0 Å². The predicted molar refractivity (Wildman–Crippen MR) is 86.1 cm³/mol. The van der Waals surface area contributed by atoms with Crippen LogP contribution in [0.4, 0.5) is 0 Å². The minimum absolute atomic E-state index is 0.593. The average molecular weight is 310 g/mol. The van der Waals surface area contributed by atoms with Crippen molar-refractivity contribution in [1.29, 1.82) is 0 Å². The van der Waals surface area contributed by atoms with Gasteiger partial charge in [0.05, 0.1) is 26.9 Å². The minimum Gasteiger partial charge on any atom is -0.494 e. The van der Waals surface area contributed by atoms with Crippen molar-refractivity contribution >= 4 is 0 Å². The summed E-state index contributed by atoms with van der Waals surface area (Å²) in [7, 11) is 2.27. The number of quaternary nitrogens is 2. The van der Waals surface area contributed by atoms with Crippen LogP contribution in [0, 0.1) is 0 Å². The first kappa shape index (κ1) is 17.1. The van der Waals surface area contributed by atoms with Gasteiger partial charge in [-0.2, -0.15) is 0 Å². The Morgan fingerprint density at radius 1 is 0.864 bits per heavy atom. The van der Waals surface area contributed by atoms with E-state index in [2.05, 4.69) is 7.05 Å². The molecule has 0 unspecified atom stereocenters. The highest BCUT2D eigenvalue weighted by Crippen LogP contribution is 2.17. The van der Waals surface area contributed by atoms with Gasteiger partial charge in [-0.15, -0.1) is 0 Å². The van der Waals surface area contributed by atoms with E-state index in [0.717, 1.165) is 24.7 Å². The van der Waals surface area contributed by atoms with Gasteiger partial charge in [0.15, 0.2) is 0 Å². The molecular formula is C17H30N2O3+2. The van der Waals surface area contributed by atoms with Crippen LogP contribution in [0.25, 0.3) is 0 Å². The number of nitrogens with one attached hydrogen (secondary N) is 2. The second kappa shape index (κ2) is 9.66. The van der Waals surface area contributed by atoms with E-state index < -0.39 is 0 Å². The molecule has 0 spiro atoms. The lowest BCUT2D eigenvalue weighted by Gasteiger charge is -2.27. The van der Waals surface area contributed by atoms with E-state index in [0.29, 0.717) is 19.8 Å². The van der Waals surface area contributed by atoms with Crippen molar-refractivity contribution in [3.8, 4) is 11.5 Å². The lowest BCUT2D eigenvalue weighted by Crippen LogP contribution is -3.27. The van der Waals surface area contributed by atoms with Crippen LogP contribution in [0.2, 0.25) is 0 Å². The minimum atomic E-state index is 0.593. The first-order valence-corrected chi connectivity index (χ1v) is 8.36. The van der Waals surface area contributed by atoms with Gasteiger partial charge in [-0.1, -0.05) is 0 Å². The number of hydrogen-bond acceptors (Lipinski definition) is 3. The second-order valence-corrected chi connectivity index (χ2v) is 5.82. The summed E-state index contributed by atoms with van der Waals surface area (Å²) < 4.78 is 16.7. The topological polar surface area (TPSA) is 36.6 Å². The van der Waals surface area contributed by atoms with Crippen LogP contribution in [-0.4, -0.2) is 66.2 Å². The summed E-state index contributed by atoms with van der Waals surface area (Å²) in [5, 5.41) is 0. The van der Waals surface area contributed by atoms with Crippen molar-refractivity contribution in [2.24, 2.45) is 0 Å². The lowest BCUT2D eigenvalue weighted by atomic mass is 10.3. The van der Waals surface area contributed by atoms with Gasteiger partial charge in [0, 0.05) is 0 Å². The number of piperazine rings is 1. The largest absolute Gasteiger partial charge is 0.494 e. The fourth-order valence-corrected chi connectivity index (χ4v) is 2.62. The molecule has 22 heavy (non-hydrogen) atoms. The van der Waals surface area contributed by atoms with Crippen molar-refractivity contribution in [3.63, 3.8) is 0 Å². The summed E-state index contributed by atoms with van der Waals surface area (Å²) in [6.07, 6.45) is 0. The van der Waals surface area contributed by atoms with E-state index in [1.807, 2.05) is 31.2 Å². The van der Waals surface area contributed by atoms with E-state index in [9.17, 15) is 0 Å². The fourth-order valence-electron chi connectivity index (χ4n) is 2.62. The zero-order chi connectivity index (χ0) is 15.6. The Kier molecular flexibility index (Phi) is 7.49. The third-order valence-electron chi connectivity index (χ3n) is 4.04. The highest BCUT2D eigenvalue weighted by molar-refractivity contribution is 5.31. The molecule has 1 heterocycles. The molecule has 0 aliphatic carbocycles. The Labute approximate surface area is 133 Å². The van der Waals surface area contributed by atoms with Crippen molar-refractivity contribution < 1.29 is 24.0 Å². The molecule has 1 aliphatic rings. The smallest absolute Gasteiger partial charge is 0.127 e. The molecule has 1 fully saturated rings. The third kappa shape index (κ3) is 6.22. The predicted octanol–water partition coefficient (Wildman–Crippen LogP) is -1.11. The van der Waals surface area contributed by atoms with E-state index >= 15 is 0 Å². The molecule has 2 rings (SSSR count). The third-order valence-corrected chi connectivity index (χ3v) is 4.04. The highest BCUT2D eigenvalue weighted by atomic mass is 16.5. The summed E-state index contributed by atoms with van der Waals surface area (Å²) in [6.45, 7) is 10.9. The Morgan fingerprint density at radius 2 is 1.50 bits per heavy atom. The van der Waals surface area contributed by atoms with Crippen molar-refractivity contribution in [2.75, 3.05) is 66.2 Å². The highest BCUT2D eigenvalue weighted by Gasteiger charge is 2.18. The molecule has 0 saturated carbocycles.